The maximum atomic E-state index is 12.4. The molecule has 24 heavy (non-hydrogen) atoms. The summed E-state index contributed by atoms with van der Waals surface area (Å²) < 4.78 is 9.41. The van der Waals surface area contributed by atoms with E-state index in [0.717, 1.165) is 16.4 Å². The zero-order valence-corrected chi connectivity index (χ0v) is 15.9. The fourth-order valence-electron chi connectivity index (χ4n) is 1.93. The number of aryl methyl sites for hydroxylation is 1. The molecule has 0 saturated heterocycles. The van der Waals surface area contributed by atoms with Gasteiger partial charge in [-0.2, -0.15) is 0 Å². The molecule has 0 aliphatic carbocycles. The minimum Gasteiger partial charge on any atom is -0.455 e. The van der Waals surface area contributed by atoms with Gasteiger partial charge >= 0.3 is 5.97 Å². The first-order valence-electron chi connectivity index (χ1n) is 6.70. The van der Waals surface area contributed by atoms with Crippen LogP contribution in [0.25, 0.3) is 10.7 Å². The van der Waals surface area contributed by atoms with Crippen LogP contribution in [0.2, 0.25) is 4.34 Å². The van der Waals surface area contributed by atoms with Crippen molar-refractivity contribution in [2.24, 2.45) is 0 Å². The maximum Gasteiger partial charge on any atom is 0.343 e. The van der Waals surface area contributed by atoms with Gasteiger partial charge in [-0.15, -0.1) is 28.2 Å². The molecule has 124 valence electrons. The average molecular weight is 399 g/mol. The van der Waals surface area contributed by atoms with Crippen molar-refractivity contribution in [1.82, 2.24) is 19.6 Å². The standard InChI is InChI=1S/C14H11ClN4O2S3/c1-7-10(14(20)21-6-8-11(15)24-19-18-8)13(22-2)17-12(16-7)9-4-3-5-23-9/h3-5H,6H2,1-2H3. The molecule has 0 aliphatic heterocycles. The van der Waals surface area contributed by atoms with Crippen LogP contribution in [0.1, 0.15) is 21.7 Å². The van der Waals surface area contributed by atoms with E-state index in [4.69, 9.17) is 16.3 Å². The molecule has 0 radical (unpaired) electrons. The molecule has 0 atom stereocenters. The van der Waals surface area contributed by atoms with Gasteiger partial charge in [0.15, 0.2) is 5.82 Å². The van der Waals surface area contributed by atoms with Gasteiger partial charge in [0.25, 0.3) is 0 Å². The predicted molar refractivity (Wildman–Crippen MR) is 95.9 cm³/mol. The van der Waals surface area contributed by atoms with Crippen LogP contribution in [0.4, 0.5) is 0 Å². The van der Waals surface area contributed by atoms with Gasteiger partial charge < -0.3 is 4.74 Å². The van der Waals surface area contributed by atoms with Gasteiger partial charge in [0.1, 0.15) is 27.2 Å². The van der Waals surface area contributed by atoms with Crippen LogP contribution in [-0.2, 0) is 11.3 Å². The average Bonchev–Trinajstić information content (AvgIpc) is 3.23. The largest absolute Gasteiger partial charge is 0.455 e. The normalized spacial score (nSPS) is 10.8. The van der Waals surface area contributed by atoms with E-state index in [2.05, 4.69) is 19.6 Å². The molecule has 6 nitrogen and oxygen atoms in total. The molecule has 3 heterocycles. The number of thioether (sulfide) groups is 1. The second-order valence-corrected chi connectivity index (χ2v) is 7.66. The van der Waals surface area contributed by atoms with E-state index in [1.165, 1.54) is 11.8 Å². The molecule has 0 amide bonds. The number of hydrogen-bond donors (Lipinski definition) is 0. The zero-order chi connectivity index (χ0) is 17.1. The smallest absolute Gasteiger partial charge is 0.343 e. The molecule has 0 aliphatic rings. The zero-order valence-electron chi connectivity index (χ0n) is 12.6. The quantitative estimate of drug-likeness (QED) is 0.363. The number of esters is 1. The van der Waals surface area contributed by atoms with Gasteiger partial charge in [0.05, 0.1) is 10.6 Å². The van der Waals surface area contributed by atoms with E-state index in [1.54, 1.807) is 18.3 Å². The van der Waals surface area contributed by atoms with Gasteiger partial charge in [0.2, 0.25) is 0 Å². The molecule has 0 unspecified atom stereocenters. The van der Waals surface area contributed by atoms with Crippen LogP contribution < -0.4 is 0 Å². The minimum absolute atomic E-state index is 0.0336. The SMILES string of the molecule is CSc1nc(-c2cccs2)nc(C)c1C(=O)OCc1nnsc1Cl. The van der Waals surface area contributed by atoms with Crippen molar-refractivity contribution in [1.29, 1.82) is 0 Å². The number of carbonyl (C=O) groups excluding carboxylic acids is 1. The van der Waals surface area contributed by atoms with Crippen molar-refractivity contribution in [3.63, 3.8) is 0 Å². The monoisotopic (exact) mass is 398 g/mol. The Morgan fingerprint density at radius 3 is 2.88 bits per heavy atom. The second-order valence-electron chi connectivity index (χ2n) is 4.56. The molecule has 0 N–H and O–H groups in total. The highest BCUT2D eigenvalue weighted by Crippen LogP contribution is 2.28. The Morgan fingerprint density at radius 1 is 1.42 bits per heavy atom. The number of halogens is 1. The molecule has 0 bridgehead atoms. The second kappa shape index (κ2) is 7.56. The molecule has 3 aromatic rings. The Bertz CT molecular complexity index is 867. The Labute approximate surface area is 155 Å². The third-order valence-electron chi connectivity index (χ3n) is 3.05. The van der Waals surface area contributed by atoms with E-state index in [9.17, 15) is 4.79 Å². The lowest BCUT2D eigenvalue weighted by molar-refractivity contribution is 0.0461. The highest BCUT2D eigenvalue weighted by atomic mass is 35.5. The predicted octanol–water partition coefficient (Wildman–Crippen LogP) is 4.10. The van der Waals surface area contributed by atoms with E-state index in [0.29, 0.717) is 32.1 Å². The molecule has 0 fully saturated rings. The Kier molecular flexibility index (Phi) is 5.44. The Balaban J connectivity index is 1.86. The van der Waals surface area contributed by atoms with Crippen LogP contribution in [0.3, 0.4) is 0 Å². The van der Waals surface area contributed by atoms with Crippen molar-refractivity contribution in [3.05, 3.63) is 38.8 Å². The number of rotatable bonds is 5. The van der Waals surface area contributed by atoms with Gasteiger partial charge in [-0.3, -0.25) is 0 Å². The van der Waals surface area contributed by atoms with Gasteiger partial charge in [-0.05, 0) is 24.6 Å². The maximum absolute atomic E-state index is 12.4. The number of nitrogens with zero attached hydrogens (tertiary/aromatic N) is 4. The summed E-state index contributed by atoms with van der Waals surface area (Å²) >= 11 is 9.89. The number of carbonyl (C=O) groups is 1. The van der Waals surface area contributed by atoms with Crippen molar-refractivity contribution in [2.75, 3.05) is 6.26 Å². The van der Waals surface area contributed by atoms with Crippen molar-refractivity contribution in [3.8, 4) is 10.7 Å². The first kappa shape index (κ1) is 17.3. The van der Waals surface area contributed by atoms with Crippen molar-refractivity contribution >= 4 is 52.2 Å². The highest BCUT2D eigenvalue weighted by molar-refractivity contribution is 7.98. The van der Waals surface area contributed by atoms with Crippen LogP contribution in [0, 0.1) is 6.92 Å². The number of thiophene rings is 1. The summed E-state index contributed by atoms with van der Waals surface area (Å²) in [5.41, 5.74) is 1.38. The summed E-state index contributed by atoms with van der Waals surface area (Å²) in [6.45, 7) is 1.74. The first-order chi connectivity index (χ1) is 11.6. The molecular weight excluding hydrogens is 388 g/mol. The third kappa shape index (κ3) is 3.59. The number of hydrogen-bond acceptors (Lipinski definition) is 9. The molecular formula is C14H11ClN4O2S3. The van der Waals surface area contributed by atoms with E-state index in [1.807, 2.05) is 23.8 Å². The highest BCUT2D eigenvalue weighted by Gasteiger charge is 2.21. The number of aromatic nitrogens is 4. The molecule has 0 spiro atoms. The van der Waals surface area contributed by atoms with Crippen LogP contribution in [0.5, 0.6) is 0 Å². The van der Waals surface area contributed by atoms with Crippen LogP contribution >= 0.6 is 46.2 Å². The summed E-state index contributed by atoms with van der Waals surface area (Å²) in [6, 6.07) is 3.88. The molecule has 0 saturated carbocycles. The summed E-state index contributed by atoms with van der Waals surface area (Å²) in [5, 5.41) is 6.36. The first-order valence-corrected chi connectivity index (χ1v) is 9.96. The topological polar surface area (TPSA) is 77.9 Å². The lowest BCUT2D eigenvalue weighted by atomic mass is 10.2. The van der Waals surface area contributed by atoms with Gasteiger partial charge in [0, 0.05) is 11.5 Å². The van der Waals surface area contributed by atoms with Crippen LogP contribution in [0.15, 0.2) is 22.5 Å². The lowest BCUT2D eigenvalue weighted by Crippen LogP contribution is -2.12. The van der Waals surface area contributed by atoms with E-state index < -0.39 is 5.97 Å². The van der Waals surface area contributed by atoms with Gasteiger partial charge in [-0.1, -0.05) is 22.2 Å². The summed E-state index contributed by atoms with van der Waals surface area (Å²) in [4.78, 5) is 22.3. The summed E-state index contributed by atoms with van der Waals surface area (Å²) in [5.74, 6) is 0.105. The third-order valence-corrected chi connectivity index (χ3v) is 5.58. The Hall–Kier alpha value is -1.55. The summed E-state index contributed by atoms with van der Waals surface area (Å²) in [7, 11) is 0. The molecule has 3 rings (SSSR count). The fourth-order valence-corrected chi connectivity index (χ4v) is 3.81. The molecule has 3 aromatic heterocycles. The van der Waals surface area contributed by atoms with E-state index >= 15 is 0 Å². The fraction of sp³-hybridized carbons (Fsp3) is 0.214. The summed E-state index contributed by atoms with van der Waals surface area (Å²) in [6.07, 6.45) is 1.86. The lowest BCUT2D eigenvalue weighted by Gasteiger charge is -2.10. The van der Waals surface area contributed by atoms with Crippen LogP contribution in [-0.4, -0.2) is 31.8 Å². The van der Waals surface area contributed by atoms with Gasteiger partial charge in [-0.25, -0.2) is 14.8 Å². The number of ether oxygens (including phenoxy) is 1. The molecule has 10 heteroatoms. The molecule has 0 aromatic carbocycles. The van der Waals surface area contributed by atoms with Crippen molar-refractivity contribution < 1.29 is 9.53 Å². The minimum atomic E-state index is -0.501. The van der Waals surface area contributed by atoms with Crippen molar-refractivity contribution in [2.45, 2.75) is 18.6 Å². The van der Waals surface area contributed by atoms with E-state index in [-0.39, 0.29) is 6.61 Å². The Morgan fingerprint density at radius 2 is 2.25 bits per heavy atom.